The third-order valence-corrected chi connectivity index (χ3v) is 3.06. The molecule has 2 nitrogen and oxygen atoms in total. The van der Waals surface area contributed by atoms with Gasteiger partial charge < -0.3 is 10.4 Å². The molecule has 0 amide bonds. The van der Waals surface area contributed by atoms with Crippen molar-refractivity contribution in [3.05, 3.63) is 35.4 Å². The molecule has 1 aliphatic heterocycles. The summed E-state index contributed by atoms with van der Waals surface area (Å²) in [4.78, 5) is 0. The number of aliphatic hydroxyl groups excluding tert-OH is 1. The maximum absolute atomic E-state index is 12.3. The first-order valence-corrected chi connectivity index (χ1v) is 5.55. The predicted octanol–water partition coefficient (Wildman–Crippen LogP) is 2.49. The van der Waals surface area contributed by atoms with Crippen molar-refractivity contribution in [3.8, 4) is 0 Å². The molecule has 2 N–H and O–H groups in total. The van der Waals surface area contributed by atoms with Crippen LogP contribution in [0.5, 0.6) is 0 Å². The Balaban J connectivity index is 2.01. The predicted molar refractivity (Wildman–Crippen MR) is 57.4 cm³/mol. The zero-order chi connectivity index (χ0) is 12.5. The molecule has 0 aliphatic carbocycles. The number of benzene rings is 1. The second-order valence-electron chi connectivity index (χ2n) is 4.31. The molecule has 0 radical (unpaired) electrons. The molecule has 0 saturated carbocycles. The van der Waals surface area contributed by atoms with Gasteiger partial charge in [0.15, 0.2) is 0 Å². The van der Waals surface area contributed by atoms with Gasteiger partial charge in [-0.15, -0.1) is 0 Å². The fraction of sp³-hybridized carbons (Fsp3) is 0.500. The Morgan fingerprint density at radius 3 is 2.29 bits per heavy atom. The fourth-order valence-corrected chi connectivity index (χ4v) is 1.85. The smallest absolute Gasteiger partial charge is 0.388 e. The lowest BCUT2D eigenvalue weighted by molar-refractivity contribution is -0.137. The molecule has 1 aromatic carbocycles. The average Bonchev–Trinajstić information content (AvgIpc) is 2.22. The normalized spacial score (nSPS) is 22.0. The standard InChI is InChI=1S/C12H14F3NO/c13-12(14,15)9-3-1-8(2-4-9)11(17)7-10-5-6-16-10/h1-4,10-11,16-17H,5-7H2. The Morgan fingerprint density at radius 1 is 1.29 bits per heavy atom. The number of halogens is 3. The third kappa shape index (κ3) is 2.98. The van der Waals surface area contributed by atoms with E-state index >= 15 is 0 Å². The van der Waals surface area contributed by atoms with Gasteiger partial charge >= 0.3 is 6.18 Å². The Labute approximate surface area is 97.5 Å². The summed E-state index contributed by atoms with van der Waals surface area (Å²) < 4.78 is 37.0. The highest BCUT2D eigenvalue weighted by Crippen LogP contribution is 2.30. The number of alkyl halides is 3. The van der Waals surface area contributed by atoms with Crippen molar-refractivity contribution in [2.24, 2.45) is 0 Å². The van der Waals surface area contributed by atoms with Crippen molar-refractivity contribution in [2.75, 3.05) is 6.54 Å². The van der Waals surface area contributed by atoms with Gasteiger partial charge in [0, 0.05) is 6.04 Å². The summed E-state index contributed by atoms with van der Waals surface area (Å²) in [6.07, 6.45) is -3.46. The van der Waals surface area contributed by atoms with E-state index in [4.69, 9.17) is 0 Å². The minimum atomic E-state index is -4.32. The van der Waals surface area contributed by atoms with E-state index in [9.17, 15) is 18.3 Å². The van der Waals surface area contributed by atoms with Crippen LogP contribution in [0, 0.1) is 0 Å². The van der Waals surface area contributed by atoms with Crippen LogP contribution in [0.25, 0.3) is 0 Å². The summed E-state index contributed by atoms with van der Waals surface area (Å²) in [6.45, 7) is 0.949. The summed E-state index contributed by atoms with van der Waals surface area (Å²) >= 11 is 0. The minimum absolute atomic E-state index is 0.285. The van der Waals surface area contributed by atoms with Gasteiger partial charge in [-0.2, -0.15) is 13.2 Å². The van der Waals surface area contributed by atoms with Crippen LogP contribution in [0.2, 0.25) is 0 Å². The maximum Gasteiger partial charge on any atom is 0.416 e. The van der Waals surface area contributed by atoms with Crippen LogP contribution in [0.15, 0.2) is 24.3 Å². The van der Waals surface area contributed by atoms with Crippen LogP contribution in [-0.4, -0.2) is 17.7 Å². The van der Waals surface area contributed by atoms with Crippen molar-refractivity contribution in [1.82, 2.24) is 5.32 Å². The zero-order valence-electron chi connectivity index (χ0n) is 9.17. The molecule has 2 atom stereocenters. The first-order valence-electron chi connectivity index (χ1n) is 5.55. The van der Waals surface area contributed by atoms with E-state index in [1.165, 1.54) is 12.1 Å². The van der Waals surface area contributed by atoms with Crippen molar-refractivity contribution < 1.29 is 18.3 Å². The minimum Gasteiger partial charge on any atom is -0.388 e. The van der Waals surface area contributed by atoms with Gasteiger partial charge in [-0.05, 0) is 37.1 Å². The average molecular weight is 245 g/mol. The maximum atomic E-state index is 12.3. The highest BCUT2D eigenvalue weighted by molar-refractivity contribution is 5.26. The molecule has 0 aromatic heterocycles. The Bertz CT molecular complexity index is 370. The van der Waals surface area contributed by atoms with Crippen LogP contribution < -0.4 is 5.32 Å². The summed E-state index contributed by atoms with van der Waals surface area (Å²) in [5.41, 5.74) is -0.151. The van der Waals surface area contributed by atoms with Crippen LogP contribution in [0.4, 0.5) is 13.2 Å². The van der Waals surface area contributed by atoms with Crippen molar-refractivity contribution >= 4 is 0 Å². The lowest BCUT2D eigenvalue weighted by Gasteiger charge is -2.29. The van der Waals surface area contributed by atoms with Gasteiger partial charge in [0.1, 0.15) is 0 Å². The number of aliphatic hydroxyl groups is 1. The Hall–Kier alpha value is -1.07. The van der Waals surface area contributed by atoms with Crippen molar-refractivity contribution in [2.45, 2.75) is 31.2 Å². The van der Waals surface area contributed by atoms with Crippen LogP contribution >= 0.6 is 0 Å². The van der Waals surface area contributed by atoms with E-state index in [0.29, 0.717) is 12.0 Å². The number of hydrogen-bond donors (Lipinski definition) is 2. The molecule has 1 heterocycles. The molecule has 5 heteroatoms. The summed E-state index contributed by atoms with van der Waals surface area (Å²) in [7, 11) is 0. The van der Waals surface area contributed by atoms with E-state index in [2.05, 4.69) is 5.32 Å². The van der Waals surface area contributed by atoms with Crippen molar-refractivity contribution in [1.29, 1.82) is 0 Å². The monoisotopic (exact) mass is 245 g/mol. The summed E-state index contributed by atoms with van der Waals surface area (Å²) in [5, 5.41) is 13.0. The molecule has 1 aromatic rings. The second-order valence-corrected chi connectivity index (χ2v) is 4.31. The molecule has 2 unspecified atom stereocenters. The lowest BCUT2D eigenvalue weighted by atomic mass is 9.95. The van der Waals surface area contributed by atoms with E-state index in [0.717, 1.165) is 25.1 Å². The first kappa shape index (κ1) is 12.4. The van der Waals surface area contributed by atoms with Crippen LogP contribution in [0.3, 0.4) is 0 Å². The number of hydrogen-bond acceptors (Lipinski definition) is 2. The summed E-state index contributed by atoms with van der Waals surface area (Å²) in [5.74, 6) is 0. The second kappa shape index (κ2) is 4.66. The molecule has 0 spiro atoms. The molecule has 17 heavy (non-hydrogen) atoms. The van der Waals surface area contributed by atoms with E-state index in [-0.39, 0.29) is 6.04 Å². The molecular formula is C12H14F3NO. The molecule has 0 bridgehead atoms. The Kier molecular flexibility index (Phi) is 3.40. The SMILES string of the molecule is OC(CC1CCN1)c1ccc(C(F)(F)F)cc1. The topological polar surface area (TPSA) is 32.3 Å². The number of nitrogens with one attached hydrogen (secondary N) is 1. The first-order chi connectivity index (χ1) is 7.97. The highest BCUT2D eigenvalue weighted by atomic mass is 19.4. The lowest BCUT2D eigenvalue weighted by Crippen LogP contribution is -2.43. The van der Waals surface area contributed by atoms with Crippen LogP contribution in [0.1, 0.15) is 30.1 Å². The van der Waals surface area contributed by atoms with Gasteiger partial charge in [0.25, 0.3) is 0 Å². The van der Waals surface area contributed by atoms with Gasteiger partial charge in [0.2, 0.25) is 0 Å². The van der Waals surface area contributed by atoms with E-state index in [1.807, 2.05) is 0 Å². The Morgan fingerprint density at radius 2 is 1.88 bits per heavy atom. The molecule has 1 fully saturated rings. The summed E-state index contributed by atoms with van der Waals surface area (Å²) in [6, 6.07) is 4.98. The number of rotatable bonds is 3. The molecule has 1 aliphatic rings. The zero-order valence-corrected chi connectivity index (χ0v) is 9.17. The van der Waals surface area contributed by atoms with E-state index < -0.39 is 17.8 Å². The van der Waals surface area contributed by atoms with Gasteiger partial charge in [-0.3, -0.25) is 0 Å². The van der Waals surface area contributed by atoms with Crippen molar-refractivity contribution in [3.63, 3.8) is 0 Å². The van der Waals surface area contributed by atoms with Crippen LogP contribution in [-0.2, 0) is 6.18 Å². The molecule has 94 valence electrons. The van der Waals surface area contributed by atoms with E-state index in [1.54, 1.807) is 0 Å². The quantitative estimate of drug-likeness (QED) is 0.857. The largest absolute Gasteiger partial charge is 0.416 e. The van der Waals surface area contributed by atoms with Gasteiger partial charge in [-0.1, -0.05) is 12.1 Å². The van der Waals surface area contributed by atoms with Gasteiger partial charge in [0.05, 0.1) is 11.7 Å². The highest BCUT2D eigenvalue weighted by Gasteiger charge is 2.30. The fourth-order valence-electron chi connectivity index (χ4n) is 1.85. The molecule has 1 saturated heterocycles. The van der Waals surface area contributed by atoms with Gasteiger partial charge in [-0.25, -0.2) is 0 Å². The molecular weight excluding hydrogens is 231 g/mol. The third-order valence-electron chi connectivity index (χ3n) is 3.06. The molecule has 2 rings (SSSR count).